The van der Waals surface area contributed by atoms with E-state index in [-0.39, 0.29) is 11.0 Å². The van der Waals surface area contributed by atoms with Crippen LogP contribution in [0.4, 0.5) is 0 Å². The lowest BCUT2D eigenvalue weighted by atomic mass is 10.1. The van der Waals surface area contributed by atoms with E-state index in [4.69, 9.17) is 4.43 Å². The van der Waals surface area contributed by atoms with Gasteiger partial charge in [-0.05, 0) is 24.1 Å². The van der Waals surface area contributed by atoms with Crippen molar-refractivity contribution in [2.24, 2.45) is 5.92 Å². The zero-order chi connectivity index (χ0) is 13.7. The largest absolute Gasteiger partial charge is 0.416 e. The summed E-state index contributed by atoms with van der Waals surface area (Å²) in [4.78, 5) is 0. The monoisotopic (exact) mass is 256 g/mol. The average Bonchev–Trinajstić information content (AvgIpc) is 2.14. The van der Waals surface area contributed by atoms with Gasteiger partial charge in [0.25, 0.3) is 0 Å². The molecule has 0 radical (unpaired) electrons. The Labute approximate surface area is 108 Å². The molecule has 1 atom stereocenters. The van der Waals surface area contributed by atoms with Gasteiger partial charge in [0.15, 0.2) is 8.32 Å². The molecule has 2 nitrogen and oxygen atoms in total. The van der Waals surface area contributed by atoms with E-state index < -0.39 is 14.4 Å². The molecule has 17 heavy (non-hydrogen) atoms. The van der Waals surface area contributed by atoms with Gasteiger partial charge in [-0.1, -0.05) is 46.5 Å². The minimum absolute atomic E-state index is 0.198. The summed E-state index contributed by atoms with van der Waals surface area (Å²) in [6.07, 6.45) is 0.193. The van der Waals surface area contributed by atoms with Gasteiger partial charge in [-0.3, -0.25) is 0 Å². The van der Waals surface area contributed by atoms with Crippen molar-refractivity contribution in [3.05, 3.63) is 0 Å². The van der Waals surface area contributed by atoms with Crippen LogP contribution in [0, 0.1) is 17.8 Å². The first kappa shape index (κ1) is 16.7. The highest BCUT2D eigenvalue weighted by Gasteiger charge is 2.36. The Kier molecular flexibility index (Phi) is 6.46. The summed E-state index contributed by atoms with van der Waals surface area (Å²) in [5.74, 6) is 6.03. The lowest BCUT2D eigenvalue weighted by Gasteiger charge is -2.35. The van der Waals surface area contributed by atoms with E-state index >= 15 is 0 Å². The summed E-state index contributed by atoms with van der Waals surface area (Å²) >= 11 is 0. The Bertz CT molecular complexity index is 279. The van der Waals surface area contributed by atoms with Crippen LogP contribution in [0.2, 0.25) is 18.1 Å². The van der Waals surface area contributed by atoms with Gasteiger partial charge < -0.3 is 9.53 Å². The maximum absolute atomic E-state index is 9.51. The molecule has 100 valence electrons. The zero-order valence-corrected chi connectivity index (χ0v) is 13.4. The molecule has 1 unspecified atom stereocenters. The van der Waals surface area contributed by atoms with E-state index in [1.165, 1.54) is 0 Å². The number of aliphatic hydroxyl groups excluding tert-OH is 1. The molecule has 0 amide bonds. The van der Waals surface area contributed by atoms with Gasteiger partial charge in [0.2, 0.25) is 0 Å². The van der Waals surface area contributed by atoms with Crippen molar-refractivity contribution in [3.63, 3.8) is 0 Å². The predicted molar refractivity (Wildman–Crippen MR) is 76.4 cm³/mol. The van der Waals surface area contributed by atoms with Crippen LogP contribution >= 0.6 is 0 Å². The van der Waals surface area contributed by atoms with Crippen molar-refractivity contribution in [1.29, 1.82) is 0 Å². The quantitative estimate of drug-likeness (QED) is 0.474. The Hall–Kier alpha value is -0.303. The molecule has 0 saturated carbocycles. The van der Waals surface area contributed by atoms with Gasteiger partial charge in [0, 0.05) is 13.0 Å². The van der Waals surface area contributed by atoms with Gasteiger partial charge >= 0.3 is 0 Å². The van der Waals surface area contributed by atoms with Crippen LogP contribution in [-0.2, 0) is 4.43 Å². The van der Waals surface area contributed by atoms with Crippen LogP contribution < -0.4 is 0 Å². The van der Waals surface area contributed by atoms with Gasteiger partial charge in [-0.15, -0.1) is 0 Å². The van der Waals surface area contributed by atoms with Gasteiger partial charge in [-0.25, -0.2) is 0 Å². The molecule has 0 aliphatic rings. The van der Waals surface area contributed by atoms with Crippen LogP contribution in [0.3, 0.4) is 0 Å². The van der Waals surface area contributed by atoms with E-state index in [0.717, 1.165) is 0 Å². The summed E-state index contributed by atoms with van der Waals surface area (Å²) in [6.45, 7) is 15.8. The third-order valence-corrected chi connectivity index (χ3v) is 7.92. The highest BCUT2D eigenvalue weighted by Crippen LogP contribution is 2.36. The zero-order valence-electron chi connectivity index (χ0n) is 12.4. The Morgan fingerprint density at radius 1 is 1.24 bits per heavy atom. The summed E-state index contributed by atoms with van der Waals surface area (Å²) in [7, 11) is -1.63. The molecule has 0 aliphatic carbocycles. The third kappa shape index (κ3) is 6.26. The number of rotatable bonds is 4. The first-order chi connectivity index (χ1) is 7.58. The molecule has 0 rings (SSSR count). The molecule has 0 aromatic carbocycles. The van der Waals surface area contributed by atoms with Gasteiger partial charge in [0.05, 0.1) is 0 Å². The predicted octanol–water partition coefficient (Wildman–Crippen LogP) is 3.42. The highest BCUT2D eigenvalue weighted by molar-refractivity contribution is 6.74. The minimum atomic E-state index is -1.63. The van der Waals surface area contributed by atoms with Crippen LogP contribution in [-0.4, -0.2) is 26.1 Å². The Morgan fingerprint density at radius 2 is 1.76 bits per heavy atom. The summed E-state index contributed by atoms with van der Waals surface area (Å²) in [5.41, 5.74) is 0. The second-order valence-corrected chi connectivity index (χ2v) is 11.2. The van der Waals surface area contributed by atoms with Gasteiger partial charge in [-0.2, -0.15) is 0 Å². The van der Waals surface area contributed by atoms with Crippen LogP contribution in [0.1, 0.15) is 41.0 Å². The van der Waals surface area contributed by atoms with Crippen molar-refractivity contribution in [2.75, 3.05) is 6.61 Å². The molecule has 0 saturated heterocycles. The fourth-order valence-electron chi connectivity index (χ4n) is 0.917. The fourth-order valence-corrected chi connectivity index (χ4v) is 1.96. The molecule has 0 aromatic heterocycles. The molecule has 0 aromatic rings. The highest BCUT2D eigenvalue weighted by atomic mass is 28.4. The molecule has 0 spiro atoms. The second kappa shape index (κ2) is 6.58. The maximum atomic E-state index is 9.51. The Morgan fingerprint density at radius 3 is 2.18 bits per heavy atom. The van der Waals surface area contributed by atoms with Crippen molar-refractivity contribution in [2.45, 2.75) is 65.3 Å². The molecule has 0 aliphatic heterocycles. The standard InChI is InChI=1S/C14H28O2Si/c1-12(2)13(15)10-8-9-11-16-17(6,7)14(3,4)5/h12-13,15H,9,11H2,1-7H3. The third-order valence-electron chi connectivity index (χ3n) is 3.38. The average molecular weight is 256 g/mol. The van der Waals surface area contributed by atoms with Gasteiger partial charge in [0.1, 0.15) is 6.10 Å². The maximum Gasteiger partial charge on any atom is 0.192 e. The molecule has 1 N–H and O–H groups in total. The lowest BCUT2D eigenvalue weighted by Crippen LogP contribution is -2.40. The van der Waals surface area contributed by atoms with E-state index in [0.29, 0.717) is 13.0 Å². The number of hydrogen-bond donors (Lipinski definition) is 1. The van der Waals surface area contributed by atoms with Crippen molar-refractivity contribution in [3.8, 4) is 11.8 Å². The van der Waals surface area contributed by atoms with Crippen LogP contribution in [0.5, 0.6) is 0 Å². The lowest BCUT2D eigenvalue weighted by molar-refractivity contribution is 0.181. The summed E-state index contributed by atoms with van der Waals surface area (Å²) in [6, 6.07) is 0. The fraction of sp³-hybridized carbons (Fsp3) is 0.857. The van der Waals surface area contributed by atoms with Crippen LogP contribution in [0.25, 0.3) is 0 Å². The molecule has 0 fully saturated rings. The molecule has 0 heterocycles. The molecular formula is C14H28O2Si. The van der Waals surface area contributed by atoms with E-state index in [9.17, 15) is 5.11 Å². The van der Waals surface area contributed by atoms with E-state index in [2.05, 4.69) is 45.7 Å². The van der Waals surface area contributed by atoms with E-state index in [1.54, 1.807) is 0 Å². The van der Waals surface area contributed by atoms with E-state index in [1.807, 2.05) is 13.8 Å². The first-order valence-corrected chi connectivity index (χ1v) is 9.29. The van der Waals surface area contributed by atoms with Crippen molar-refractivity contribution in [1.82, 2.24) is 0 Å². The normalized spacial score (nSPS) is 14.4. The molecule has 0 bridgehead atoms. The van der Waals surface area contributed by atoms with Crippen molar-refractivity contribution >= 4 is 8.32 Å². The SMILES string of the molecule is CC(C)C(O)C#CCCO[Si](C)(C)C(C)(C)C. The van der Waals surface area contributed by atoms with Crippen molar-refractivity contribution < 1.29 is 9.53 Å². The Balaban J connectivity index is 4.02. The van der Waals surface area contributed by atoms with Crippen LogP contribution in [0.15, 0.2) is 0 Å². The smallest absolute Gasteiger partial charge is 0.192 e. The summed E-state index contributed by atoms with van der Waals surface area (Å²) < 4.78 is 5.99. The second-order valence-electron chi connectivity index (χ2n) is 6.37. The first-order valence-electron chi connectivity index (χ1n) is 6.38. The molecule has 3 heteroatoms. The summed E-state index contributed by atoms with van der Waals surface area (Å²) in [5, 5.41) is 9.76. The number of hydrogen-bond acceptors (Lipinski definition) is 2. The minimum Gasteiger partial charge on any atom is -0.416 e. The topological polar surface area (TPSA) is 29.5 Å². The number of aliphatic hydroxyl groups is 1. The molecular weight excluding hydrogens is 228 g/mol.